The number of rotatable bonds is 2. The molecular formula is C14H20O2S. The molecule has 0 spiro atoms. The molecule has 0 bridgehead atoms. The molecule has 2 nitrogen and oxygen atoms in total. The summed E-state index contributed by atoms with van der Waals surface area (Å²) >= 11 is 1.60. The molecule has 1 heterocycles. The smallest absolute Gasteiger partial charge is 0.348 e. The van der Waals surface area contributed by atoms with E-state index in [-0.39, 0.29) is 5.97 Å². The first kappa shape index (κ1) is 12.6. The van der Waals surface area contributed by atoms with Gasteiger partial charge >= 0.3 is 5.97 Å². The van der Waals surface area contributed by atoms with Crippen LogP contribution in [0, 0.1) is 12.3 Å². The molecule has 2 rings (SSSR count). The summed E-state index contributed by atoms with van der Waals surface area (Å²) in [5.74, 6) is -0.137. The van der Waals surface area contributed by atoms with Gasteiger partial charge in [-0.05, 0) is 49.7 Å². The summed E-state index contributed by atoms with van der Waals surface area (Å²) in [6, 6.07) is 0. The predicted octanol–water partition coefficient (Wildman–Crippen LogP) is 3.75. The van der Waals surface area contributed by atoms with Crippen LogP contribution in [0.3, 0.4) is 0 Å². The molecular weight excluding hydrogens is 232 g/mol. The number of hydrogen-bond donors (Lipinski definition) is 0. The highest BCUT2D eigenvalue weighted by Gasteiger charge is 2.31. The molecule has 0 aliphatic heterocycles. The first-order chi connectivity index (χ1) is 7.94. The van der Waals surface area contributed by atoms with Crippen LogP contribution < -0.4 is 0 Å². The molecule has 0 atom stereocenters. The van der Waals surface area contributed by atoms with E-state index in [1.54, 1.807) is 11.3 Å². The lowest BCUT2D eigenvalue weighted by Crippen LogP contribution is -2.22. The van der Waals surface area contributed by atoms with Crippen LogP contribution in [-0.2, 0) is 17.6 Å². The Labute approximate surface area is 107 Å². The minimum Gasteiger partial charge on any atom is -0.462 e. The maximum atomic E-state index is 11.9. The Morgan fingerprint density at radius 3 is 2.76 bits per heavy atom. The number of thiophene rings is 1. The summed E-state index contributed by atoms with van der Waals surface area (Å²) in [5.41, 5.74) is 3.02. The van der Waals surface area contributed by atoms with Crippen molar-refractivity contribution in [3.63, 3.8) is 0 Å². The average Bonchev–Trinajstić information content (AvgIpc) is 2.55. The lowest BCUT2D eigenvalue weighted by Gasteiger charge is -2.30. The summed E-state index contributed by atoms with van der Waals surface area (Å²) < 4.78 is 5.13. The highest BCUT2D eigenvalue weighted by molar-refractivity contribution is 7.14. The molecule has 0 N–H and O–H groups in total. The minimum absolute atomic E-state index is 0.137. The van der Waals surface area contributed by atoms with Crippen molar-refractivity contribution in [1.82, 2.24) is 0 Å². The van der Waals surface area contributed by atoms with Crippen molar-refractivity contribution in [2.45, 2.75) is 47.0 Å². The van der Waals surface area contributed by atoms with Crippen molar-refractivity contribution in [1.29, 1.82) is 0 Å². The van der Waals surface area contributed by atoms with Crippen LogP contribution in [0.4, 0.5) is 0 Å². The number of carbonyl (C=O) groups is 1. The molecule has 1 aromatic heterocycles. The number of carbonyl (C=O) groups excluding carboxylic acids is 1. The normalized spacial score (nSPS) is 17.6. The van der Waals surface area contributed by atoms with Crippen molar-refractivity contribution < 1.29 is 9.53 Å². The van der Waals surface area contributed by atoms with E-state index < -0.39 is 0 Å². The maximum absolute atomic E-state index is 11.9. The highest BCUT2D eigenvalue weighted by Crippen LogP contribution is 2.41. The molecule has 0 radical (unpaired) electrons. The summed E-state index contributed by atoms with van der Waals surface area (Å²) in [5, 5.41) is 0. The van der Waals surface area contributed by atoms with E-state index in [0.717, 1.165) is 24.1 Å². The Morgan fingerprint density at radius 1 is 1.41 bits per heavy atom. The second-order valence-electron chi connectivity index (χ2n) is 5.51. The van der Waals surface area contributed by atoms with Gasteiger partial charge in [-0.1, -0.05) is 13.8 Å². The predicted molar refractivity (Wildman–Crippen MR) is 70.8 cm³/mol. The van der Waals surface area contributed by atoms with Crippen LogP contribution in [0.1, 0.15) is 52.9 Å². The van der Waals surface area contributed by atoms with Crippen LogP contribution in [0.15, 0.2) is 0 Å². The number of hydrogen-bond acceptors (Lipinski definition) is 3. The van der Waals surface area contributed by atoms with E-state index in [0.29, 0.717) is 12.0 Å². The molecule has 0 saturated carbocycles. The molecule has 1 aliphatic rings. The van der Waals surface area contributed by atoms with Gasteiger partial charge in [-0.3, -0.25) is 0 Å². The van der Waals surface area contributed by atoms with Gasteiger partial charge in [0.15, 0.2) is 0 Å². The van der Waals surface area contributed by atoms with Crippen LogP contribution >= 0.6 is 11.3 Å². The lowest BCUT2D eigenvalue weighted by atomic mass is 9.74. The largest absolute Gasteiger partial charge is 0.462 e. The first-order valence-corrected chi connectivity index (χ1v) is 7.04. The van der Waals surface area contributed by atoms with Crippen molar-refractivity contribution in [3.05, 3.63) is 20.9 Å². The fraction of sp³-hybridized carbons (Fsp3) is 0.643. The molecule has 1 aliphatic carbocycles. The molecule has 0 amide bonds. The Kier molecular flexibility index (Phi) is 3.30. The fourth-order valence-corrected chi connectivity index (χ4v) is 3.63. The summed E-state index contributed by atoms with van der Waals surface area (Å²) in [4.78, 5) is 14.0. The van der Waals surface area contributed by atoms with Crippen LogP contribution in [0.25, 0.3) is 0 Å². The summed E-state index contributed by atoms with van der Waals surface area (Å²) in [6.45, 7) is 9.03. The van der Waals surface area contributed by atoms with Gasteiger partial charge in [-0.15, -0.1) is 11.3 Å². The maximum Gasteiger partial charge on any atom is 0.348 e. The molecule has 0 aromatic carbocycles. The van der Waals surface area contributed by atoms with Gasteiger partial charge in [0.05, 0.1) is 6.61 Å². The molecule has 3 heteroatoms. The van der Waals surface area contributed by atoms with Crippen molar-refractivity contribution in [2.24, 2.45) is 5.41 Å². The van der Waals surface area contributed by atoms with E-state index in [1.165, 1.54) is 16.0 Å². The van der Waals surface area contributed by atoms with Gasteiger partial charge in [0, 0.05) is 4.88 Å². The minimum atomic E-state index is -0.137. The third kappa shape index (κ3) is 2.39. The van der Waals surface area contributed by atoms with Gasteiger partial charge in [-0.2, -0.15) is 0 Å². The van der Waals surface area contributed by atoms with Crippen molar-refractivity contribution in [3.8, 4) is 0 Å². The van der Waals surface area contributed by atoms with E-state index in [9.17, 15) is 4.79 Å². The fourth-order valence-electron chi connectivity index (χ4n) is 2.51. The van der Waals surface area contributed by atoms with Crippen LogP contribution in [0.5, 0.6) is 0 Å². The Morgan fingerprint density at radius 2 is 2.12 bits per heavy atom. The van der Waals surface area contributed by atoms with Crippen molar-refractivity contribution in [2.75, 3.05) is 6.61 Å². The summed E-state index contributed by atoms with van der Waals surface area (Å²) in [6.07, 6.45) is 3.26. The Hall–Kier alpha value is -0.830. The van der Waals surface area contributed by atoms with E-state index in [1.807, 2.05) is 6.92 Å². The van der Waals surface area contributed by atoms with E-state index in [2.05, 4.69) is 20.8 Å². The molecule has 0 fully saturated rings. The van der Waals surface area contributed by atoms with Crippen LogP contribution in [0.2, 0.25) is 0 Å². The Bertz CT molecular complexity index is 443. The number of fused-ring (bicyclic) bond motifs is 1. The van der Waals surface area contributed by atoms with Gasteiger partial charge in [0.25, 0.3) is 0 Å². The van der Waals surface area contributed by atoms with Gasteiger partial charge in [0.1, 0.15) is 4.88 Å². The monoisotopic (exact) mass is 252 g/mol. The lowest BCUT2D eigenvalue weighted by molar-refractivity contribution is 0.0530. The molecule has 17 heavy (non-hydrogen) atoms. The zero-order valence-corrected chi connectivity index (χ0v) is 11.9. The zero-order valence-electron chi connectivity index (χ0n) is 11.1. The van der Waals surface area contributed by atoms with Gasteiger partial charge in [-0.25, -0.2) is 4.79 Å². The first-order valence-electron chi connectivity index (χ1n) is 6.23. The number of aryl methyl sites for hydroxylation is 1. The van der Waals surface area contributed by atoms with Crippen LogP contribution in [-0.4, -0.2) is 12.6 Å². The molecule has 0 unspecified atom stereocenters. The highest BCUT2D eigenvalue weighted by atomic mass is 32.1. The standard InChI is InChI=1S/C14H20O2S/c1-5-16-13(15)12-10-6-7-14(3,4)8-11(10)9(2)17-12/h5-8H2,1-4H3. The quantitative estimate of drug-likeness (QED) is 0.749. The third-order valence-electron chi connectivity index (χ3n) is 3.49. The number of esters is 1. The summed E-state index contributed by atoms with van der Waals surface area (Å²) in [7, 11) is 0. The van der Waals surface area contributed by atoms with E-state index >= 15 is 0 Å². The molecule has 1 aromatic rings. The Balaban J connectivity index is 2.37. The topological polar surface area (TPSA) is 26.3 Å². The number of ether oxygens (including phenoxy) is 1. The third-order valence-corrected chi connectivity index (χ3v) is 4.66. The molecule has 0 saturated heterocycles. The second-order valence-corrected chi connectivity index (χ2v) is 6.73. The van der Waals surface area contributed by atoms with Gasteiger partial charge in [0.2, 0.25) is 0 Å². The van der Waals surface area contributed by atoms with E-state index in [4.69, 9.17) is 4.74 Å². The van der Waals surface area contributed by atoms with Gasteiger partial charge < -0.3 is 4.74 Å². The van der Waals surface area contributed by atoms with Crippen molar-refractivity contribution >= 4 is 17.3 Å². The SMILES string of the molecule is CCOC(=O)c1sc(C)c2c1CCC(C)(C)C2. The average molecular weight is 252 g/mol. The molecule has 94 valence electrons. The zero-order chi connectivity index (χ0) is 12.6. The second kappa shape index (κ2) is 4.45.